The second-order valence-corrected chi connectivity index (χ2v) is 2.40. The van der Waals surface area contributed by atoms with Crippen LogP contribution < -0.4 is 5.32 Å². The first-order valence-electron chi connectivity index (χ1n) is 4.19. The molecule has 13 heavy (non-hydrogen) atoms. The van der Waals surface area contributed by atoms with E-state index in [1.807, 2.05) is 6.92 Å². The predicted octanol–water partition coefficient (Wildman–Crippen LogP) is 0.415. The molecule has 0 aliphatic carbocycles. The number of rotatable bonds is 7. The van der Waals surface area contributed by atoms with Crippen LogP contribution in [-0.4, -0.2) is 31.7 Å². The van der Waals surface area contributed by atoms with Crippen LogP contribution in [0.15, 0.2) is 0 Å². The fourth-order valence-electron chi connectivity index (χ4n) is 0.698. The van der Waals surface area contributed by atoms with E-state index in [0.717, 1.165) is 0 Å². The molecule has 0 aromatic heterocycles. The molecule has 0 bridgehead atoms. The summed E-state index contributed by atoms with van der Waals surface area (Å²) in [6.07, 6.45) is -0.0192. The quantitative estimate of drug-likeness (QED) is 0.468. The molecule has 76 valence electrons. The molecular weight excluding hydrogens is 177 g/mol. The average molecular weight is 191 g/mol. The molecule has 0 radical (unpaired) electrons. The molecule has 4 nitrogen and oxygen atoms in total. The van der Waals surface area contributed by atoms with Crippen molar-refractivity contribution in [3.8, 4) is 0 Å². The number of halogens is 1. The second kappa shape index (κ2) is 7.67. The Bertz CT molecular complexity index is 173. The number of nitrogens with one attached hydrogen (secondary N) is 1. The summed E-state index contributed by atoms with van der Waals surface area (Å²) in [4.78, 5) is 20.7. The second-order valence-electron chi connectivity index (χ2n) is 2.40. The van der Waals surface area contributed by atoms with E-state index in [1.54, 1.807) is 0 Å². The summed E-state index contributed by atoms with van der Waals surface area (Å²) in [6, 6.07) is -1.41. The van der Waals surface area contributed by atoms with E-state index >= 15 is 0 Å². The highest BCUT2D eigenvalue weighted by atomic mass is 19.1. The van der Waals surface area contributed by atoms with Gasteiger partial charge in [-0.05, 0) is 6.92 Å². The fraction of sp³-hybridized carbons (Fsp3) is 0.750. The van der Waals surface area contributed by atoms with Crippen molar-refractivity contribution >= 4 is 11.9 Å². The summed E-state index contributed by atoms with van der Waals surface area (Å²) in [7, 11) is 0. The predicted molar refractivity (Wildman–Crippen MR) is 44.9 cm³/mol. The maximum atomic E-state index is 11.6. The maximum absolute atomic E-state index is 11.6. The first-order chi connectivity index (χ1) is 6.16. The summed E-state index contributed by atoms with van der Waals surface area (Å²) < 4.78 is 16.6. The summed E-state index contributed by atoms with van der Waals surface area (Å²) in [5.74, 6) is -0.227. The van der Waals surface area contributed by atoms with E-state index in [0.29, 0.717) is 13.2 Å². The Kier molecular flexibility index (Phi) is 7.10. The smallest absolute Gasteiger partial charge is 0.303 e. The number of hydrogen-bond acceptors (Lipinski definition) is 3. The van der Waals surface area contributed by atoms with Crippen molar-refractivity contribution in [2.24, 2.45) is 0 Å². The van der Waals surface area contributed by atoms with Crippen molar-refractivity contribution in [2.45, 2.75) is 19.8 Å². The highest BCUT2D eigenvalue weighted by molar-refractivity contribution is 5.76. The molecule has 0 aliphatic rings. The molecule has 0 fully saturated rings. The zero-order valence-electron chi connectivity index (χ0n) is 7.64. The number of hydrogen-bond donors (Lipinski definition) is 1. The van der Waals surface area contributed by atoms with Crippen molar-refractivity contribution in [1.29, 1.82) is 0 Å². The van der Waals surface area contributed by atoms with Crippen molar-refractivity contribution in [3.63, 3.8) is 0 Å². The van der Waals surface area contributed by atoms with E-state index in [-0.39, 0.29) is 25.3 Å². The molecule has 0 aliphatic heterocycles. The molecule has 0 atom stereocenters. The van der Waals surface area contributed by atoms with Gasteiger partial charge in [-0.15, -0.1) is 0 Å². The molecule has 0 unspecified atom stereocenters. The van der Waals surface area contributed by atoms with Crippen molar-refractivity contribution < 1.29 is 18.7 Å². The lowest BCUT2D eigenvalue weighted by molar-refractivity contribution is -0.129. The van der Waals surface area contributed by atoms with Crippen LogP contribution in [0.1, 0.15) is 19.8 Å². The van der Waals surface area contributed by atoms with Crippen LogP contribution in [0.25, 0.3) is 0 Å². The van der Waals surface area contributed by atoms with Crippen LogP contribution in [0.4, 0.5) is 4.39 Å². The largest absolute Gasteiger partial charge is 0.381 e. The van der Waals surface area contributed by atoms with Crippen molar-refractivity contribution in [1.82, 2.24) is 5.32 Å². The average Bonchev–Trinajstić information content (AvgIpc) is 2.04. The van der Waals surface area contributed by atoms with Gasteiger partial charge in [0, 0.05) is 19.6 Å². The van der Waals surface area contributed by atoms with Gasteiger partial charge in [0.25, 0.3) is 0 Å². The Balaban J connectivity index is 3.25. The fourth-order valence-corrected chi connectivity index (χ4v) is 0.698. The zero-order valence-corrected chi connectivity index (χ0v) is 7.64. The van der Waals surface area contributed by atoms with Gasteiger partial charge in [0.1, 0.15) is 0 Å². The molecule has 0 heterocycles. The Morgan fingerprint density at radius 1 is 1.38 bits per heavy atom. The van der Waals surface area contributed by atoms with E-state index in [2.05, 4.69) is 5.32 Å². The summed E-state index contributed by atoms with van der Waals surface area (Å²) >= 11 is 0. The van der Waals surface area contributed by atoms with Crippen LogP contribution in [-0.2, 0) is 14.3 Å². The molecule has 0 spiro atoms. The van der Waals surface area contributed by atoms with Gasteiger partial charge in [-0.3, -0.25) is 9.59 Å². The van der Waals surface area contributed by atoms with Crippen LogP contribution in [0.3, 0.4) is 0 Å². The van der Waals surface area contributed by atoms with Gasteiger partial charge in [-0.2, -0.15) is 4.39 Å². The van der Waals surface area contributed by atoms with Gasteiger partial charge < -0.3 is 10.1 Å². The lowest BCUT2D eigenvalue weighted by atomic mass is 10.4. The number of amides is 1. The topological polar surface area (TPSA) is 55.4 Å². The minimum atomic E-state index is -1.41. The van der Waals surface area contributed by atoms with E-state index in [9.17, 15) is 14.0 Å². The molecule has 5 heteroatoms. The Labute approximate surface area is 76.4 Å². The van der Waals surface area contributed by atoms with Gasteiger partial charge in [-0.25, -0.2) is 0 Å². The molecule has 0 rings (SSSR count). The van der Waals surface area contributed by atoms with Gasteiger partial charge in [0.2, 0.25) is 5.91 Å². The molecular formula is C8H14FNO3. The van der Waals surface area contributed by atoms with Crippen molar-refractivity contribution in [3.05, 3.63) is 0 Å². The molecule has 1 N–H and O–H groups in total. The van der Waals surface area contributed by atoms with Gasteiger partial charge in [0.15, 0.2) is 0 Å². The van der Waals surface area contributed by atoms with Gasteiger partial charge in [0.05, 0.1) is 13.0 Å². The number of ether oxygens (including phenoxy) is 1. The highest BCUT2D eigenvalue weighted by Crippen LogP contribution is 1.85. The van der Waals surface area contributed by atoms with Gasteiger partial charge in [-0.1, -0.05) is 0 Å². The molecule has 0 aromatic rings. The molecule has 0 aromatic carbocycles. The first-order valence-corrected chi connectivity index (χ1v) is 4.19. The highest BCUT2D eigenvalue weighted by Gasteiger charge is 2.02. The lowest BCUT2D eigenvalue weighted by Crippen LogP contribution is -2.26. The lowest BCUT2D eigenvalue weighted by Gasteiger charge is -2.02. The van der Waals surface area contributed by atoms with Crippen LogP contribution in [0, 0.1) is 0 Å². The monoisotopic (exact) mass is 191 g/mol. The summed E-state index contributed by atoms with van der Waals surface area (Å²) in [6.45, 7) is 2.81. The van der Waals surface area contributed by atoms with Gasteiger partial charge >= 0.3 is 6.04 Å². The molecule has 0 saturated carbocycles. The Morgan fingerprint density at radius 3 is 2.62 bits per heavy atom. The molecule has 0 saturated heterocycles. The van der Waals surface area contributed by atoms with E-state index in [1.165, 1.54) is 0 Å². The number of carbonyl (C=O) groups is 2. The standard InChI is InChI=1S/C8H14FNO3/c1-2-13-6-4-8(12)10-5-3-7(9)11/h2-6H2,1H3,(H,10,12). The third-order valence-corrected chi connectivity index (χ3v) is 1.32. The minimum Gasteiger partial charge on any atom is -0.381 e. The van der Waals surface area contributed by atoms with Crippen LogP contribution >= 0.6 is 0 Å². The normalized spacial score (nSPS) is 9.69. The maximum Gasteiger partial charge on any atom is 0.303 e. The van der Waals surface area contributed by atoms with Crippen LogP contribution in [0.2, 0.25) is 0 Å². The molecule has 1 amide bonds. The van der Waals surface area contributed by atoms with E-state index < -0.39 is 6.04 Å². The Morgan fingerprint density at radius 2 is 2.08 bits per heavy atom. The SMILES string of the molecule is CCOCCC(=O)NCCC(=O)F. The van der Waals surface area contributed by atoms with E-state index in [4.69, 9.17) is 4.74 Å². The minimum absolute atomic E-state index is 0.0558. The first kappa shape index (κ1) is 12.0. The Hall–Kier alpha value is -0.970. The third kappa shape index (κ3) is 8.94. The van der Waals surface area contributed by atoms with Crippen LogP contribution in [0.5, 0.6) is 0 Å². The number of carbonyl (C=O) groups excluding carboxylic acids is 2. The third-order valence-electron chi connectivity index (χ3n) is 1.32. The summed E-state index contributed by atoms with van der Waals surface area (Å²) in [5, 5.41) is 2.39. The van der Waals surface area contributed by atoms with Crippen molar-refractivity contribution in [2.75, 3.05) is 19.8 Å². The zero-order chi connectivity index (χ0) is 10.1. The summed E-state index contributed by atoms with van der Waals surface area (Å²) in [5.41, 5.74) is 0.